The van der Waals surface area contributed by atoms with Crippen molar-refractivity contribution in [2.45, 2.75) is 47.1 Å². The van der Waals surface area contributed by atoms with Gasteiger partial charge in [0.2, 0.25) is 0 Å². The van der Waals surface area contributed by atoms with Crippen LogP contribution in [0.1, 0.15) is 41.0 Å². The van der Waals surface area contributed by atoms with Crippen molar-refractivity contribution in [3.05, 3.63) is 23.8 Å². The summed E-state index contributed by atoms with van der Waals surface area (Å²) in [4.78, 5) is 0. The van der Waals surface area contributed by atoms with E-state index in [1.165, 1.54) is 5.57 Å². The highest BCUT2D eigenvalue weighted by molar-refractivity contribution is 5.22. The summed E-state index contributed by atoms with van der Waals surface area (Å²) in [5, 5.41) is 9.41. The Labute approximate surface area is 93.9 Å². The summed E-state index contributed by atoms with van der Waals surface area (Å²) < 4.78 is 0. The second-order valence-electron chi connectivity index (χ2n) is 5.44. The molecule has 0 spiro atoms. The molecule has 0 bridgehead atoms. The molecule has 0 aromatic carbocycles. The van der Waals surface area contributed by atoms with E-state index in [0.29, 0.717) is 5.92 Å². The van der Waals surface area contributed by atoms with Gasteiger partial charge in [0.15, 0.2) is 0 Å². The van der Waals surface area contributed by atoms with Crippen molar-refractivity contribution in [2.75, 3.05) is 0 Å². The maximum Gasteiger partial charge on any atom is 0.0572 e. The van der Waals surface area contributed by atoms with Crippen LogP contribution in [0.2, 0.25) is 0 Å². The highest BCUT2D eigenvalue weighted by Crippen LogP contribution is 2.43. The van der Waals surface area contributed by atoms with Crippen molar-refractivity contribution in [2.24, 2.45) is 17.3 Å². The van der Waals surface area contributed by atoms with Gasteiger partial charge in [0, 0.05) is 0 Å². The van der Waals surface area contributed by atoms with Crippen LogP contribution in [-0.2, 0) is 0 Å². The predicted molar refractivity (Wildman–Crippen MR) is 65.6 cm³/mol. The molecule has 15 heavy (non-hydrogen) atoms. The lowest BCUT2D eigenvalue weighted by Gasteiger charge is -2.27. The van der Waals surface area contributed by atoms with Crippen molar-refractivity contribution in [3.8, 4) is 0 Å². The fourth-order valence-electron chi connectivity index (χ4n) is 1.94. The van der Waals surface area contributed by atoms with E-state index in [1.54, 1.807) is 0 Å². The van der Waals surface area contributed by atoms with Crippen LogP contribution >= 0.6 is 0 Å². The van der Waals surface area contributed by atoms with E-state index in [2.05, 4.69) is 45.9 Å². The first-order valence-corrected chi connectivity index (χ1v) is 5.89. The van der Waals surface area contributed by atoms with Crippen LogP contribution in [0.25, 0.3) is 0 Å². The Morgan fingerprint density at radius 3 is 2.47 bits per heavy atom. The van der Waals surface area contributed by atoms with Crippen molar-refractivity contribution in [1.29, 1.82) is 0 Å². The molecule has 1 N–H and O–H groups in total. The fraction of sp³-hybridized carbons (Fsp3) is 0.714. The summed E-state index contributed by atoms with van der Waals surface area (Å²) in [5.74, 6) is 0.848. The molecule has 1 rings (SSSR count). The quantitative estimate of drug-likeness (QED) is 0.703. The van der Waals surface area contributed by atoms with E-state index in [1.807, 2.05) is 6.92 Å². The molecule has 0 aliphatic heterocycles. The van der Waals surface area contributed by atoms with E-state index in [0.717, 1.165) is 6.42 Å². The van der Waals surface area contributed by atoms with Gasteiger partial charge in [-0.15, -0.1) is 0 Å². The van der Waals surface area contributed by atoms with Crippen LogP contribution in [0.5, 0.6) is 0 Å². The number of aliphatic hydroxyl groups is 1. The third kappa shape index (κ3) is 2.72. The second-order valence-corrected chi connectivity index (χ2v) is 5.44. The van der Waals surface area contributed by atoms with Crippen molar-refractivity contribution in [1.82, 2.24) is 0 Å². The first kappa shape index (κ1) is 12.5. The Kier molecular flexibility index (Phi) is 3.77. The molecule has 1 aliphatic carbocycles. The topological polar surface area (TPSA) is 20.2 Å². The van der Waals surface area contributed by atoms with E-state index in [-0.39, 0.29) is 17.4 Å². The molecule has 3 atom stereocenters. The van der Waals surface area contributed by atoms with E-state index in [4.69, 9.17) is 0 Å². The maximum absolute atomic E-state index is 9.41. The molecular weight excluding hydrogens is 184 g/mol. The van der Waals surface area contributed by atoms with E-state index in [9.17, 15) is 5.11 Å². The summed E-state index contributed by atoms with van der Waals surface area (Å²) in [7, 11) is 0. The number of allylic oxidation sites excluding steroid dienone is 3. The maximum atomic E-state index is 9.41. The summed E-state index contributed by atoms with van der Waals surface area (Å²) in [6.07, 6.45) is 7.66. The second kappa shape index (κ2) is 4.52. The van der Waals surface area contributed by atoms with Crippen molar-refractivity contribution < 1.29 is 5.11 Å². The average Bonchev–Trinajstić information content (AvgIpc) is 2.39. The van der Waals surface area contributed by atoms with Gasteiger partial charge in [-0.1, -0.05) is 44.6 Å². The number of hydrogen-bond acceptors (Lipinski definition) is 1. The first-order chi connectivity index (χ1) is 6.85. The lowest BCUT2D eigenvalue weighted by molar-refractivity contribution is 0.156. The molecule has 0 saturated carbocycles. The number of hydrogen-bond donors (Lipinski definition) is 1. The molecule has 0 radical (unpaired) electrons. The Hall–Kier alpha value is -0.560. The number of rotatable bonds is 3. The highest BCUT2D eigenvalue weighted by Gasteiger charge is 2.32. The Balaban J connectivity index is 2.62. The van der Waals surface area contributed by atoms with Gasteiger partial charge in [0.25, 0.3) is 0 Å². The van der Waals surface area contributed by atoms with Gasteiger partial charge in [-0.2, -0.15) is 0 Å². The minimum absolute atomic E-state index is 0.250. The average molecular weight is 208 g/mol. The Morgan fingerprint density at radius 2 is 2.07 bits per heavy atom. The molecule has 86 valence electrons. The van der Waals surface area contributed by atoms with Crippen molar-refractivity contribution in [3.63, 3.8) is 0 Å². The van der Waals surface area contributed by atoms with Crippen LogP contribution in [0.3, 0.4) is 0 Å². The van der Waals surface area contributed by atoms with Crippen LogP contribution in [0, 0.1) is 17.3 Å². The van der Waals surface area contributed by atoms with Crippen LogP contribution in [0.4, 0.5) is 0 Å². The zero-order valence-electron chi connectivity index (χ0n) is 10.6. The normalized spacial score (nSPS) is 29.2. The minimum atomic E-state index is -0.250. The summed E-state index contributed by atoms with van der Waals surface area (Å²) >= 11 is 0. The van der Waals surface area contributed by atoms with Gasteiger partial charge in [-0.05, 0) is 37.5 Å². The monoisotopic (exact) mass is 208 g/mol. The zero-order valence-corrected chi connectivity index (χ0v) is 10.6. The molecule has 1 unspecified atom stereocenters. The molecule has 0 aromatic heterocycles. The molecule has 0 saturated heterocycles. The van der Waals surface area contributed by atoms with Gasteiger partial charge in [-0.3, -0.25) is 0 Å². The summed E-state index contributed by atoms with van der Waals surface area (Å²) in [6, 6.07) is 0. The largest absolute Gasteiger partial charge is 0.393 e. The Bertz CT molecular complexity index is 271. The lowest BCUT2D eigenvalue weighted by Crippen LogP contribution is -2.19. The zero-order chi connectivity index (χ0) is 11.6. The molecule has 0 aromatic rings. The SMILES string of the molecule is CC1=CCC(C=C[C@H](C)[C@@H](C)O)C1(C)C. The van der Waals surface area contributed by atoms with Crippen molar-refractivity contribution >= 4 is 0 Å². The first-order valence-electron chi connectivity index (χ1n) is 5.89. The highest BCUT2D eigenvalue weighted by atomic mass is 16.3. The van der Waals surface area contributed by atoms with Crippen LogP contribution in [0.15, 0.2) is 23.8 Å². The number of aliphatic hydroxyl groups excluding tert-OH is 1. The third-order valence-corrected chi connectivity index (χ3v) is 4.03. The van der Waals surface area contributed by atoms with Crippen LogP contribution in [-0.4, -0.2) is 11.2 Å². The molecule has 0 heterocycles. The van der Waals surface area contributed by atoms with E-state index >= 15 is 0 Å². The molecule has 0 amide bonds. The third-order valence-electron chi connectivity index (χ3n) is 4.03. The van der Waals surface area contributed by atoms with Gasteiger partial charge in [-0.25, -0.2) is 0 Å². The van der Waals surface area contributed by atoms with Crippen LogP contribution < -0.4 is 0 Å². The van der Waals surface area contributed by atoms with Gasteiger partial charge >= 0.3 is 0 Å². The summed E-state index contributed by atoms with van der Waals surface area (Å²) in [5.41, 5.74) is 1.77. The molecule has 1 heteroatoms. The Morgan fingerprint density at radius 1 is 1.47 bits per heavy atom. The van der Waals surface area contributed by atoms with Gasteiger partial charge < -0.3 is 5.11 Å². The molecule has 1 aliphatic rings. The molecular formula is C14H24O. The molecule has 1 nitrogen and oxygen atoms in total. The fourth-order valence-corrected chi connectivity index (χ4v) is 1.94. The lowest BCUT2D eigenvalue weighted by atomic mass is 9.77. The summed E-state index contributed by atoms with van der Waals surface area (Å²) in [6.45, 7) is 10.7. The minimum Gasteiger partial charge on any atom is -0.393 e. The van der Waals surface area contributed by atoms with Gasteiger partial charge in [0.05, 0.1) is 6.10 Å². The van der Waals surface area contributed by atoms with Gasteiger partial charge in [0.1, 0.15) is 0 Å². The smallest absolute Gasteiger partial charge is 0.0572 e. The van der Waals surface area contributed by atoms with E-state index < -0.39 is 0 Å². The predicted octanol–water partition coefficient (Wildman–Crippen LogP) is 3.55. The standard InChI is InChI=1S/C14H24O/c1-10(12(3)15)6-8-13-9-7-11(2)14(13,4)5/h6-8,10,12-13,15H,9H2,1-5H3/t10-,12+,13?/m0/s1. The molecule has 0 fully saturated rings.